The van der Waals surface area contributed by atoms with Crippen molar-refractivity contribution >= 4 is 11.9 Å². The van der Waals surface area contributed by atoms with Crippen molar-refractivity contribution in [2.24, 2.45) is 0 Å². The monoisotopic (exact) mass is 227 g/mol. The highest BCUT2D eigenvalue weighted by molar-refractivity contribution is 5.82. The first-order valence-corrected chi connectivity index (χ1v) is 4.75. The van der Waals surface area contributed by atoms with E-state index in [-0.39, 0.29) is 19.1 Å². The number of amides is 1. The van der Waals surface area contributed by atoms with Gasteiger partial charge in [0.25, 0.3) is 0 Å². The lowest BCUT2D eigenvalue weighted by molar-refractivity contribution is -0.137. The lowest BCUT2D eigenvalue weighted by Crippen LogP contribution is -2.39. The van der Waals surface area contributed by atoms with Gasteiger partial charge in [-0.2, -0.15) is 0 Å². The summed E-state index contributed by atoms with van der Waals surface area (Å²) in [6, 6.07) is -0.0511. The second-order valence-electron chi connectivity index (χ2n) is 3.14. The van der Waals surface area contributed by atoms with E-state index >= 15 is 0 Å². The van der Waals surface area contributed by atoms with Crippen LogP contribution in [0.4, 0.5) is 0 Å². The molecule has 0 fully saturated rings. The van der Waals surface area contributed by atoms with Crippen molar-refractivity contribution in [3.05, 3.63) is 25.1 Å². The van der Waals surface area contributed by atoms with E-state index < -0.39 is 11.9 Å². The molecule has 0 spiro atoms. The summed E-state index contributed by atoms with van der Waals surface area (Å²) in [5.41, 5.74) is 0.630. The van der Waals surface area contributed by atoms with Gasteiger partial charge in [-0.3, -0.25) is 9.59 Å². The lowest BCUT2D eigenvalue weighted by Gasteiger charge is -2.16. The molecule has 90 valence electrons. The second kappa shape index (κ2) is 7.33. The largest absolute Gasteiger partial charge is 0.480 e. The van der Waals surface area contributed by atoms with Crippen LogP contribution in [0, 0.1) is 0 Å². The predicted octanol–water partition coefficient (Wildman–Crippen LogP) is -0.588. The van der Waals surface area contributed by atoms with Crippen molar-refractivity contribution in [3.63, 3.8) is 0 Å². The van der Waals surface area contributed by atoms with Crippen LogP contribution in [0.15, 0.2) is 25.1 Å². The summed E-state index contributed by atoms with van der Waals surface area (Å²) >= 11 is 0. The Morgan fingerprint density at radius 2 is 2.00 bits per heavy atom. The van der Waals surface area contributed by atoms with E-state index in [0.29, 0.717) is 5.70 Å². The molecule has 0 bridgehead atoms. The maximum absolute atomic E-state index is 11.1. The number of rotatable bonds is 8. The first kappa shape index (κ1) is 14.0. The molecule has 1 unspecified atom stereocenters. The van der Waals surface area contributed by atoms with Crippen LogP contribution in [-0.2, 0) is 9.59 Å². The molecule has 1 amide bonds. The quantitative estimate of drug-likeness (QED) is 0.445. The van der Waals surface area contributed by atoms with Crippen LogP contribution < -0.4 is 16.0 Å². The number of carboxylic acid groups (broad SMARTS) is 1. The molecule has 0 aliphatic rings. The van der Waals surface area contributed by atoms with Crippen molar-refractivity contribution in [3.8, 4) is 0 Å². The van der Waals surface area contributed by atoms with E-state index in [9.17, 15) is 9.59 Å². The molecule has 0 saturated carbocycles. The molecule has 4 N–H and O–H groups in total. The van der Waals surface area contributed by atoms with Crippen molar-refractivity contribution in [1.82, 2.24) is 16.0 Å². The van der Waals surface area contributed by atoms with E-state index in [1.54, 1.807) is 0 Å². The van der Waals surface area contributed by atoms with Crippen molar-refractivity contribution in [1.29, 1.82) is 0 Å². The van der Waals surface area contributed by atoms with Crippen LogP contribution in [0.5, 0.6) is 0 Å². The van der Waals surface area contributed by atoms with Crippen molar-refractivity contribution in [2.45, 2.75) is 13.0 Å². The highest BCUT2D eigenvalue weighted by atomic mass is 16.4. The Hall–Kier alpha value is -1.98. The molecule has 6 nitrogen and oxygen atoms in total. The van der Waals surface area contributed by atoms with Gasteiger partial charge < -0.3 is 21.1 Å². The Morgan fingerprint density at radius 1 is 1.38 bits per heavy atom. The molecule has 0 aromatic rings. The van der Waals surface area contributed by atoms with Gasteiger partial charge in [0.1, 0.15) is 6.54 Å². The van der Waals surface area contributed by atoms with E-state index in [4.69, 9.17) is 5.11 Å². The van der Waals surface area contributed by atoms with Gasteiger partial charge in [0, 0.05) is 5.70 Å². The van der Waals surface area contributed by atoms with E-state index in [0.717, 1.165) is 0 Å². The number of aliphatic carboxylic acids is 1. The average molecular weight is 227 g/mol. The SMILES string of the molecule is C=CNC(C)C(=C)NCC(=O)NCC(=O)O. The summed E-state index contributed by atoms with van der Waals surface area (Å²) in [7, 11) is 0. The predicted molar refractivity (Wildman–Crippen MR) is 60.6 cm³/mol. The van der Waals surface area contributed by atoms with Gasteiger partial charge in [-0.05, 0) is 13.1 Å². The zero-order chi connectivity index (χ0) is 12.6. The summed E-state index contributed by atoms with van der Waals surface area (Å²) < 4.78 is 0. The van der Waals surface area contributed by atoms with E-state index in [1.807, 2.05) is 6.92 Å². The van der Waals surface area contributed by atoms with Gasteiger partial charge in [-0.15, -0.1) is 0 Å². The van der Waals surface area contributed by atoms with Gasteiger partial charge in [-0.1, -0.05) is 13.2 Å². The molecular formula is C10H17N3O3. The van der Waals surface area contributed by atoms with Crippen LogP contribution in [0.3, 0.4) is 0 Å². The third-order valence-corrected chi connectivity index (χ3v) is 1.80. The molecular weight excluding hydrogens is 210 g/mol. The molecule has 6 heteroatoms. The van der Waals surface area contributed by atoms with Crippen LogP contribution in [0.25, 0.3) is 0 Å². The Bertz CT molecular complexity index is 289. The standard InChI is InChI=1S/C10H17N3O3/c1-4-11-7(2)8(3)12-5-9(14)13-6-10(15)16/h4,7,11-12H,1,3,5-6H2,2H3,(H,13,14)(H,15,16). The zero-order valence-electron chi connectivity index (χ0n) is 9.25. The molecule has 0 heterocycles. The summed E-state index contributed by atoms with van der Waals surface area (Å²) in [4.78, 5) is 21.3. The minimum atomic E-state index is -1.08. The Kier molecular flexibility index (Phi) is 6.42. The Balaban J connectivity index is 3.78. The average Bonchev–Trinajstić information content (AvgIpc) is 2.23. The molecule has 1 atom stereocenters. The molecule has 0 aromatic carbocycles. The van der Waals surface area contributed by atoms with Crippen LogP contribution in [0.1, 0.15) is 6.92 Å². The van der Waals surface area contributed by atoms with Crippen LogP contribution in [0.2, 0.25) is 0 Å². The van der Waals surface area contributed by atoms with Crippen molar-refractivity contribution in [2.75, 3.05) is 13.1 Å². The zero-order valence-corrected chi connectivity index (χ0v) is 9.25. The summed E-state index contributed by atoms with van der Waals surface area (Å²) in [6.07, 6.45) is 1.53. The first-order valence-electron chi connectivity index (χ1n) is 4.75. The minimum Gasteiger partial charge on any atom is -0.480 e. The third kappa shape index (κ3) is 6.47. The minimum absolute atomic E-state index is 0.00469. The topological polar surface area (TPSA) is 90.5 Å². The Morgan fingerprint density at radius 3 is 2.50 bits per heavy atom. The summed E-state index contributed by atoms with van der Waals surface area (Å²) in [6.45, 7) is 8.69. The smallest absolute Gasteiger partial charge is 0.322 e. The molecule has 16 heavy (non-hydrogen) atoms. The fraction of sp³-hybridized carbons (Fsp3) is 0.400. The first-order chi connectivity index (χ1) is 7.47. The van der Waals surface area contributed by atoms with Crippen LogP contribution in [-0.4, -0.2) is 36.1 Å². The van der Waals surface area contributed by atoms with E-state index in [1.165, 1.54) is 6.20 Å². The molecule has 0 aliphatic carbocycles. The summed E-state index contributed by atoms with van der Waals surface area (Å²) in [5.74, 6) is -1.47. The number of hydrogen-bond acceptors (Lipinski definition) is 4. The van der Waals surface area contributed by atoms with Crippen LogP contribution >= 0.6 is 0 Å². The number of carbonyl (C=O) groups excluding carboxylic acids is 1. The van der Waals surface area contributed by atoms with Gasteiger partial charge in [0.2, 0.25) is 5.91 Å². The summed E-state index contributed by atoms with van der Waals surface area (Å²) in [5, 5.41) is 16.2. The fourth-order valence-electron chi connectivity index (χ4n) is 0.861. The second-order valence-corrected chi connectivity index (χ2v) is 3.14. The lowest BCUT2D eigenvalue weighted by atomic mass is 10.2. The maximum Gasteiger partial charge on any atom is 0.322 e. The highest BCUT2D eigenvalue weighted by Crippen LogP contribution is 1.92. The molecule has 0 radical (unpaired) electrons. The maximum atomic E-state index is 11.1. The molecule has 0 rings (SSSR count). The van der Waals surface area contributed by atoms with Crippen molar-refractivity contribution < 1.29 is 14.7 Å². The highest BCUT2D eigenvalue weighted by Gasteiger charge is 2.07. The molecule has 0 aliphatic heterocycles. The molecule has 0 saturated heterocycles. The van der Waals surface area contributed by atoms with Gasteiger partial charge in [-0.25, -0.2) is 0 Å². The number of nitrogens with one attached hydrogen (secondary N) is 3. The fourth-order valence-corrected chi connectivity index (χ4v) is 0.861. The van der Waals surface area contributed by atoms with Gasteiger partial charge >= 0.3 is 5.97 Å². The van der Waals surface area contributed by atoms with Gasteiger partial charge in [0.05, 0.1) is 12.6 Å². The Labute approximate surface area is 94.4 Å². The number of carbonyl (C=O) groups is 2. The number of carboxylic acids is 1. The molecule has 0 aromatic heterocycles. The van der Waals surface area contributed by atoms with E-state index in [2.05, 4.69) is 29.1 Å². The normalized spacial score (nSPS) is 11.1. The van der Waals surface area contributed by atoms with Gasteiger partial charge in [0.15, 0.2) is 0 Å². The number of hydrogen-bond donors (Lipinski definition) is 4. The third-order valence-electron chi connectivity index (χ3n) is 1.80.